The Bertz CT molecular complexity index is 404. The van der Waals surface area contributed by atoms with Crippen LogP contribution in [0.1, 0.15) is 12.5 Å². The van der Waals surface area contributed by atoms with E-state index in [4.69, 9.17) is 4.74 Å². The second-order valence-corrected chi connectivity index (χ2v) is 3.39. The van der Waals surface area contributed by atoms with Gasteiger partial charge in [-0.1, -0.05) is 18.7 Å². The van der Waals surface area contributed by atoms with Crippen LogP contribution in [0.15, 0.2) is 30.8 Å². The van der Waals surface area contributed by atoms with Gasteiger partial charge in [-0.15, -0.1) is 0 Å². The van der Waals surface area contributed by atoms with E-state index >= 15 is 0 Å². The number of ether oxygens (including phenoxy) is 1. The van der Waals surface area contributed by atoms with Gasteiger partial charge in [0.05, 0.1) is 0 Å². The van der Waals surface area contributed by atoms with Crippen molar-refractivity contribution in [2.45, 2.75) is 6.92 Å². The van der Waals surface area contributed by atoms with E-state index in [2.05, 4.69) is 6.58 Å². The summed E-state index contributed by atoms with van der Waals surface area (Å²) in [7, 11) is 1.68. The van der Waals surface area contributed by atoms with Gasteiger partial charge in [0.15, 0.2) is 6.73 Å². The third-order valence-corrected chi connectivity index (χ3v) is 2.11. The summed E-state index contributed by atoms with van der Waals surface area (Å²) < 4.78 is 18.2. The van der Waals surface area contributed by atoms with E-state index in [0.717, 1.165) is 0 Å². The molecule has 3 nitrogen and oxygen atoms in total. The Morgan fingerprint density at radius 1 is 1.50 bits per heavy atom. The first kappa shape index (κ1) is 12.2. The molecule has 0 radical (unpaired) electrons. The lowest BCUT2D eigenvalue weighted by Crippen LogP contribution is -2.21. The first-order chi connectivity index (χ1) is 7.52. The van der Waals surface area contributed by atoms with Crippen LogP contribution in [0, 0.1) is 5.82 Å². The molecule has 0 saturated heterocycles. The van der Waals surface area contributed by atoms with Crippen molar-refractivity contribution in [3.8, 4) is 0 Å². The molecule has 0 bridgehead atoms. The van der Waals surface area contributed by atoms with Crippen LogP contribution in [-0.2, 0) is 9.53 Å². The lowest BCUT2D eigenvalue weighted by molar-refractivity contribution is -0.143. The summed E-state index contributed by atoms with van der Waals surface area (Å²) >= 11 is 0. The molecule has 0 aliphatic carbocycles. The van der Waals surface area contributed by atoms with Crippen LogP contribution in [0.3, 0.4) is 0 Å². The van der Waals surface area contributed by atoms with Gasteiger partial charge in [0.1, 0.15) is 5.82 Å². The van der Waals surface area contributed by atoms with Gasteiger partial charge in [-0.05, 0) is 12.1 Å². The molecule has 0 saturated carbocycles. The zero-order valence-electron chi connectivity index (χ0n) is 9.37. The van der Waals surface area contributed by atoms with Gasteiger partial charge in [0, 0.05) is 25.2 Å². The van der Waals surface area contributed by atoms with E-state index in [1.54, 1.807) is 30.1 Å². The fourth-order valence-corrected chi connectivity index (χ4v) is 1.17. The van der Waals surface area contributed by atoms with Gasteiger partial charge in [-0.2, -0.15) is 0 Å². The summed E-state index contributed by atoms with van der Waals surface area (Å²) in [5.74, 6) is -0.727. The van der Waals surface area contributed by atoms with Crippen molar-refractivity contribution >= 4 is 11.7 Å². The number of rotatable bonds is 4. The smallest absolute Gasteiger partial charge is 0.304 e. The largest absolute Gasteiger partial charge is 0.444 e. The average molecular weight is 223 g/mol. The molecule has 0 amide bonds. The minimum Gasteiger partial charge on any atom is -0.444 e. The summed E-state index contributed by atoms with van der Waals surface area (Å²) in [5, 5.41) is 0. The molecule has 0 aliphatic heterocycles. The molecule has 0 unspecified atom stereocenters. The lowest BCUT2D eigenvalue weighted by atomic mass is 10.1. The van der Waals surface area contributed by atoms with Crippen molar-refractivity contribution in [3.63, 3.8) is 0 Å². The standard InChI is InChI=1S/C12H14FNO2/c1-9(14(3)8-16-10(2)15)11-6-4-5-7-12(11)13/h4-7H,1,8H2,2-3H3. The van der Waals surface area contributed by atoms with E-state index < -0.39 is 0 Å². The molecule has 0 heterocycles. The fraction of sp³-hybridized carbons (Fsp3) is 0.250. The summed E-state index contributed by atoms with van der Waals surface area (Å²) in [5.41, 5.74) is 0.872. The summed E-state index contributed by atoms with van der Waals surface area (Å²) in [6.45, 7) is 5.14. The normalized spacial score (nSPS) is 9.69. The van der Waals surface area contributed by atoms with Gasteiger partial charge >= 0.3 is 5.97 Å². The van der Waals surface area contributed by atoms with Crippen molar-refractivity contribution in [1.82, 2.24) is 4.90 Å². The Hall–Kier alpha value is -1.84. The molecule has 0 N–H and O–H groups in total. The van der Waals surface area contributed by atoms with Crippen LogP contribution in [-0.4, -0.2) is 24.6 Å². The summed E-state index contributed by atoms with van der Waals surface area (Å²) in [6, 6.07) is 6.32. The van der Waals surface area contributed by atoms with E-state index in [0.29, 0.717) is 11.3 Å². The summed E-state index contributed by atoms with van der Waals surface area (Å²) in [6.07, 6.45) is 0. The third kappa shape index (κ3) is 3.08. The topological polar surface area (TPSA) is 29.5 Å². The second-order valence-electron chi connectivity index (χ2n) is 3.39. The maximum Gasteiger partial charge on any atom is 0.304 e. The molecule has 1 rings (SSSR count). The maximum atomic E-state index is 13.4. The molecule has 0 aromatic heterocycles. The van der Waals surface area contributed by atoms with Crippen molar-refractivity contribution < 1.29 is 13.9 Å². The van der Waals surface area contributed by atoms with Crippen molar-refractivity contribution in [2.75, 3.05) is 13.8 Å². The van der Waals surface area contributed by atoms with Crippen LogP contribution >= 0.6 is 0 Å². The van der Waals surface area contributed by atoms with Gasteiger partial charge < -0.3 is 9.64 Å². The Kier molecular flexibility index (Phi) is 4.05. The average Bonchev–Trinajstić information content (AvgIpc) is 2.25. The molecule has 16 heavy (non-hydrogen) atoms. The number of hydrogen-bond acceptors (Lipinski definition) is 3. The first-order valence-electron chi connectivity index (χ1n) is 4.80. The summed E-state index contributed by atoms with van der Waals surface area (Å²) in [4.78, 5) is 12.2. The molecule has 4 heteroatoms. The number of hydrogen-bond donors (Lipinski definition) is 0. The quantitative estimate of drug-likeness (QED) is 0.579. The number of esters is 1. The highest BCUT2D eigenvalue weighted by Gasteiger charge is 2.09. The van der Waals surface area contributed by atoms with Gasteiger partial charge in [0.25, 0.3) is 0 Å². The van der Waals surface area contributed by atoms with E-state index in [-0.39, 0.29) is 18.5 Å². The Morgan fingerprint density at radius 3 is 2.69 bits per heavy atom. The molecule has 1 aromatic carbocycles. The predicted octanol–water partition coefficient (Wildman–Crippen LogP) is 2.25. The van der Waals surface area contributed by atoms with Gasteiger partial charge in [0.2, 0.25) is 0 Å². The van der Waals surface area contributed by atoms with Crippen LogP contribution in [0.25, 0.3) is 5.70 Å². The monoisotopic (exact) mass is 223 g/mol. The molecular weight excluding hydrogens is 209 g/mol. The van der Waals surface area contributed by atoms with Crippen molar-refractivity contribution in [2.24, 2.45) is 0 Å². The second kappa shape index (κ2) is 5.30. The molecule has 0 atom stereocenters. The number of carbonyl (C=O) groups excluding carboxylic acids is 1. The Balaban J connectivity index is 2.71. The zero-order valence-corrected chi connectivity index (χ0v) is 9.37. The highest BCUT2D eigenvalue weighted by atomic mass is 19.1. The minimum absolute atomic E-state index is 0.0580. The van der Waals surface area contributed by atoms with Crippen LogP contribution < -0.4 is 0 Å². The number of carbonyl (C=O) groups is 1. The van der Waals surface area contributed by atoms with Crippen LogP contribution in [0.5, 0.6) is 0 Å². The maximum absolute atomic E-state index is 13.4. The molecule has 0 fully saturated rings. The van der Waals surface area contributed by atoms with E-state index in [1.807, 2.05) is 0 Å². The SMILES string of the molecule is C=C(c1ccccc1F)N(C)COC(C)=O. The Morgan fingerprint density at radius 2 is 2.12 bits per heavy atom. The zero-order chi connectivity index (χ0) is 12.1. The molecule has 1 aromatic rings. The number of nitrogens with zero attached hydrogens (tertiary/aromatic N) is 1. The molecule has 86 valence electrons. The highest BCUT2D eigenvalue weighted by molar-refractivity contribution is 5.66. The number of halogens is 1. The van der Waals surface area contributed by atoms with E-state index in [9.17, 15) is 9.18 Å². The molecule has 0 spiro atoms. The van der Waals surface area contributed by atoms with Crippen LogP contribution in [0.2, 0.25) is 0 Å². The van der Waals surface area contributed by atoms with Crippen molar-refractivity contribution in [1.29, 1.82) is 0 Å². The fourth-order valence-electron chi connectivity index (χ4n) is 1.17. The number of benzene rings is 1. The van der Waals surface area contributed by atoms with Crippen molar-refractivity contribution in [3.05, 3.63) is 42.2 Å². The predicted molar refractivity (Wildman–Crippen MR) is 59.8 cm³/mol. The lowest BCUT2D eigenvalue weighted by Gasteiger charge is -2.21. The Labute approximate surface area is 94.1 Å². The third-order valence-electron chi connectivity index (χ3n) is 2.11. The van der Waals surface area contributed by atoms with E-state index in [1.165, 1.54) is 13.0 Å². The van der Waals surface area contributed by atoms with Gasteiger partial charge in [-0.3, -0.25) is 4.79 Å². The first-order valence-corrected chi connectivity index (χ1v) is 4.80. The van der Waals surface area contributed by atoms with Crippen LogP contribution in [0.4, 0.5) is 4.39 Å². The molecular formula is C12H14FNO2. The minimum atomic E-state index is -0.381. The highest BCUT2D eigenvalue weighted by Crippen LogP contribution is 2.18. The molecule has 0 aliphatic rings. The van der Waals surface area contributed by atoms with Gasteiger partial charge in [-0.25, -0.2) is 4.39 Å².